The molecule has 0 bridgehead atoms. The summed E-state index contributed by atoms with van der Waals surface area (Å²) in [5, 5.41) is 2.13. The molecule has 0 aliphatic heterocycles. The SMILES string of the molecule is CCCC(CC)OC(=O)C(C)N[P@](=O)(Oc1ccccc1)Oc1c(F)c(F)c(F)c(F)c1F. The average molecular weight is 495 g/mol. The first-order valence-electron chi connectivity index (χ1n) is 10.1. The van der Waals surface area contributed by atoms with Gasteiger partial charge in [-0.25, -0.2) is 17.7 Å². The zero-order valence-electron chi connectivity index (χ0n) is 18.0. The van der Waals surface area contributed by atoms with Crippen molar-refractivity contribution in [1.29, 1.82) is 0 Å². The Kier molecular flexibility index (Phi) is 9.25. The topological polar surface area (TPSA) is 73.9 Å². The number of hydrogen-bond donors (Lipinski definition) is 1. The quantitative estimate of drug-likeness (QED) is 0.135. The summed E-state index contributed by atoms with van der Waals surface area (Å²) in [4.78, 5) is 12.4. The van der Waals surface area contributed by atoms with E-state index < -0.39 is 60.7 Å². The molecule has 2 aromatic rings. The van der Waals surface area contributed by atoms with E-state index in [-0.39, 0.29) is 5.75 Å². The molecule has 0 saturated heterocycles. The van der Waals surface area contributed by atoms with Crippen LogP contribution in [0.1, 0.15) is 40.0 Å². The van der Waals surface area contributed by atoms with E-state index in [0.717, 1.165) is 6.42 Å². The van der Waals surface area contributed by atoms with Gasteiger partial charge in [-0.1, -0.05) is 38.5 Å². The molecule has 1 N–H and O–H groups in total. The van der Waals surface area contributed by atoms with Crippen molar-refractivity contribution in [2.75, 3.05) is 0 Å². The molecule has 0 fully saturated rings. The number of carbonyl (C=O) groups is 1. The molecule has 182 valence electrons. The van der Waals surface area contributed by atoms with Gasteiger partial charge in [0, 0.05) is 0 Å². The highest BCUT2D eigenvalue weighted by Gasteiger charge is 2.38. The van der Waals surface area contributed by atoms with E-state index in [1.165, 1.54) is 31.2 Å². The summed E-state index contributed by atoms with van der Waals surface area (Å²) in [5.74, 6) is -14.5. The Morgan fingerprint density at radius 1 is 0.939 bits per heavy atom. The van der Waals surface area contributed by atoms with Crippen molar-refractivity contribution in [1.82, 2.24) is 5.09 Å². The van der Waals surface area contributed by atoms with Gasteiger partial charge in [0.25, 0.3) is 0 Å². The van der Waals surface area contributed by atoms with Crippen LogP contribution < -0.4 is 14.1 Å². The third kappa shape index (κ3) is 6.68. The van der Waals surface area contributed by atoms with Gasteiger partial charge in [0.15, 0.2) is 0 Å². The minimum atomic E-state index is -4.94. The lowest BCUT2D eigenvalue weighted by atomic mass is 10.1. The van der Waals surface area contributed by atoms with Crippen molar-refractivity contribution < 1.29 is 45.1 Å². The Hall–Kier alpha value is -2.65. The molecule has 33 heavy (non-hydrogen) atoms. The Morgan fingerprint density at radius 2 is 1.48 bits per heavy atom. The third-order valence-corrected chi connectivity index (χ3v) is 5.98. The molecule has 0 aromatic heterocycles. The van der Waals surface area contributed by atoms with E-state index in [0.29, 0.717) is 12.8 Å². The number of para-hydroxylation sites is 1. The first-order chi connectivity index (χ1) is 15.5. The van der Waals surface area contributed by atoms with Crippen LogP contribution in [0.3, 0.4) is 0 Å². The first-order valence-corrected chi connectivity index (χ1v) is 11.6. The number of rotatable bonds is 11. The maximum Gasteiger partial charge on any atom is 0.513 e. The number of halogens is 5. The van der Waals surface area contributed by atoms with Crippen LogP contribution in [0.15, 0.2) is 30.3 Å². The van der Waals surface area contributed by atoms with E-state index in [4.69, 9.17) is 13.8 Å². The Bertz CT molecular complexity index is 995. The molecular weight excluding hydrogens is 472 g/mol. The molecule has 0 radical (unpaired) electrons. The molecular formula is C21H23F5NO5P. The largest absolute Gasteiger partial charge is 0.513 e. The maximum absolute atomic E-state index is 14.1. The molecule has 2 rings (SSSR count). The van der Waals surface area contributed by atoms with Crippen molar-refractivity contribution >= 4 is 13.7 Å². The number of carbonyl (C=O) groups excluding carboxylic acids is 1. The van der Waals surface area contributed by atoms with E-state index in [1.54, 1.807) is 13.0 Å². The van der Waals surface area contributed by atoms with Gasteiger partial charge in [-0.15, -0.1) is 0 Å². The summed E-state index contributed by atoms with van der Waals surface area (Å²) >= 11 is 0. The summed E-state index contributed by atoms with van der Waals surface area (Å²) in [5.41, 5.74) is 0. The zero-order valence-corrected chi connectivity index (χ0v) is 18.9. The highest BCUT2D eigenvalue weighted by atomic mass is 31.2. The lowest BCUT2D eigenvalue weighted by molar-refractivity contribution is -0.151. The molecule has 6 nitrogen and oxygen atoms in total. The van der Waals surface area contributed by atoms with Crippen molar-refractivity contribution in [2.45, 2.75) is 52.2 Å². The Balaban J connectivity index is 2.38. The van der Waals surface area contributed by atoms with Gasteiger partial charge in [0.05, 0.1) is 0 Å². The normalized spacial score (nSPS) is 14.8. The molecule has 0 saturated carbocycles. The summed E-state index contributed by atoms with van der Waals surface area (Å²) in [7, 11) is -4.94. The number of esters is 1. The van der Waals surface area contributed by atoms with Gasteiger partial charge in [-0.05, 0) is 31.9 Å². The van der Waals surface area contributed by atoms with Crippen LogP contribution in [0.25, 0.3) is 0 Å². The number of nitrogens with one attached hydrogen (secondary N) is 1. The number of ether oxygens (including phenoxy) is 1. The van der Waals surface area contributed by atoms with Crippen LogP contribution in [0.4, 0.5) is 22.0 Å². The fourth-order valence-corrected chi connectivity index (χ4v) is 4.22. The summed E-state index contributed by atoms with van der Waals surface area (Å²) < 4.78 is 97.3. The number of benzene rings is 2. The predicted molar refractivity (Wildman–Crippen MR) is 109 cm³/mol. The first kappa shape index (κ1) is 26.6. The minimum Gasteiger partial charge on any atom is -0.461 e. The molecule has 3 atom stereocenters. The second-order valence-electron chi connectivity index (χ2n) is 7.00. The fraction of sp³-hybridized carbons (Fsp3) is 0.381. The van der Waals surface area contributed by atoms with Crippen LogP contribution in [0.5, 0.6) is 11.5 Å². The molecule has 0 aliphatic carbocycles. The Labute approximate surface area is 187 Å². The van der Waals surface area contributed by atoms with E-state index >= 15 is 0 Å². The lowest BCUT2D eigenvalue weighted by Crippen LogP contribution is -2.37. The molecule has 0 amide bonds. The monoisotopic (exact) mass is 495 g/mol. The second-order valence-corrected chi connectivity index (χ2v) is 8.62. The fourth-order valence-electron chi connectivity index (χ4n) is 2.70. The zero-order chi connectivity index (χ0) is 24.8. The smallest absolute Gasteiger partial charge is 0.461 e. The van der Waals surface area contributed by atoms with Crippen LogP contribution in [0.2, 0.25) is 0 Å². The highest BCUT2D eigenvalue weighted by Crippen LogP contribution is 2.47. The predicted octanol–water partition coefficient (Wildman–Crippen LogP) is 6.05. The van der Waals surface area contributed by atoms with Crippen molar-refractivity contribution in [3.8, 4) is 11.5 Å². The molecule has 0 aliphatic rings. The van der Waals surface area contributed by atoms with Crippen LogP contribution >= 0.6 is 7.75 Å². The summed E-state index contributed by atoms with van der Waals surface area (Å²) in [6.07, 6.45) is 1.36. The summed E-state index contributed by atoms with van der Waals surface area (Å²) in [6, 6.07) is 5.71. The Morgan fingerprint density at radius 3 is 2.00 bits per heavy atom. The second kappa shape index (κ2) is 11.5. The van der Waals surface area contributed by atoms with Crippen molar-refractivity contribution in [3.05, 3.63) is 59.4 Å². The standard InChI is InChI=1S/C21H23F5NO5P/c1-4-9-13(5-2)30-21(28)12(3)27-33(29,31-14-10-7-6-8-11-14)32-20-18(25)16(23)15(22)17(24)19(20)26/h6-8,10-13H,4-5,9H2,1-3H3,(H,27,29)/t12?,13?,33-/m0/s1. The van der Waals surface area contributed by atoms with Gasteiger partial charge in [-0.2, -0.15) is 13.9 Å². The van der Waals surface area contributed by atoms with Gasteiger partial charge >= 0.3 is 13.7 Å². The van der Waals surface area contributed by atoms with E-state index in [2.05, 4.69) is 5.09 Å². The van der Waals surface area contributed by atoms with E-state index in [9.17, 15) is 31.3 Å². The summed E-state index contributed by atoms with van der Waals surface area (Å²) in [6.45, 7) is 4.89. The molecule has 2 unspecified atom stereocenters. The van der Waals surface area contributed by atoms with Gasteiger partial charge < -0.3 is 13.8 Å². The maximum atomic E-state index is 14.1. The lowest BCUT2D eigenvalue weighted by Gasteiger charge is -2.24. The molecule has 12 heteroatoms. The van der Waals surface area contributed by atoms with Crippen LogP contribution in [-0.2, 0) is 14.1 Å². The van der Waals surface area contributed by atoms with E-state index in [1.807, 2.05) is 6.92 Å². The minimum absolute atomic E-state index is 0.129. The highest BCUT2D eigenvalue weighted by molar-refractivity contribution is 7.52. The number of hydrogen-bond acceptors (Lipinski definition) is 5. The van der Waals surface area contributed by atoms with Crippen LogP contribution in [0, 0.1) is 29.1 Å². The van der Waals surface area contributed by atoms with Crippen molar-refractivity contribution in [2.24, 2.45) is 0 Å². The average Bonchev–Trinajstić information content (AvgIpc) is 2.79. The third-order valence-electron chi connectivity index (χ3n) is 4.40. The molecule has 0 heterocycles. The molecule has 0 spiro atoms. The van der Waals surface area contributed by atoms with Crippen molar-refractivity contribution in [3.63, 3.8) is 0 Å². The van der Waals surface area contributed by atoms with Gasteiger partial charge in [0.2, 0.25) is 34.8 Å². The van der Waals surface area contributed by atoms with Gasteiger partial charge in [0.1, 0.15) is 17.9 Å². The van der Waals surface area contributed by atoms with Crippen LogP contribution in [-0.4, -0.2) is 18.1 Å². The molecule has 2 aromatic carbocycles. The van der Waals surface area contributed by atoms with Gasteiger partial charge in [-0.3, -0.25) is 4.79 Å².